The van der Waals surface area contributed by atoms with Gasteiger partial charge in [-0.15, -0.1) is 0 Å². The molecule has 1 aromatic carbocycles. The van der Waals surface area contributed by atoms with Gasteiger partial charge >= 0.3 is 11.9 Å². The average Bonchev–Trinajstić information content (AvgIpc) is 2.17. The molecule has 0 unspecified atom stereocenters. The summed E-state index contributed by atoms with van der Waals surface area (Å²) in [5, 5.41) is 8.40. The molecule has 0 radical (unpaired) electrons. The van der Waals surface area contributed by atoms with E-state index in [1.165, 1.54) is 13.2 Å². The van der Waals surface area contributed by atoms with Gasteiger partial charge in [-0.1, -0.05) is 11.6 Å². The van der Waals surface area contributed by atoms with Gasteiger partial charge in [0, 0.05) is 0 Å². The fourth-order valence-corrected chi connectivity index (χ4v) is 1.18. The molecule has 5 heteroatoms. The van der Waals surface area contributed by atoms with Crippen molar-refractivity contribution in [2.24, 2.45) is 0 Å². The maximum Gasteiger partial charge on any atom is 0.379 e. The molecule has 3 nitrogen and oxygen atoms in total. The van der Waals surface area contributed by atoms with Crippen molar-refractivity contribution >= 4 is 5.97 Å². The van der Waals surface area contributed by atoms with Gasteiger partial charge in [0.2, 0.25) is 0 Å². The van der Waals surface area contributed by atoms with E-state index in [2.05, 4.69) is 0 Å². The van der Waals surface area contributed by atoms with Crippen molar-refractivity contribution in [3.63, 3.8) is 0 Å². The summed E-state index contributed by atoms with van der Waals surface area (Å²) in [5.74, 6) is -6.25. The van der Waals surface area contributed by atoms with E-state index < -0.39 is 17.5 Å². The molecule has 1 rings (SSSR count). The van der Waals surface area contributed by atoms with Crippen LogP contribution in [0.5, 0.6) is 5.75 Å². The third-order valence-corrected chi connectivity index (χ3v) is 1.96. The monoisotopic (exact) mass is 216 g/mol. The van der Waals surface area contributed by atoms with Crippen molar-refractivity contribution < 1.29 is 23.4 Å². The molecule has 0 aliphatic rings. The normalized spacial score (nSPS) is 11.2. The van der Waals surface area contributed by atoms with Gasteiger partial charge in [0.05, 0.1) is 12.7 Å². The predicted molar refractivity (Wildman–Crippen MR) is 49.3 cm³/mol. The summed E-state index contributed by atoms with van der Waals surface area (Å²) in [6, 6.07) is 3.99. The molecule has 0 saturated carbocycles. The number of hydrogen-bond donors (Lipinski definition) is 1. The first kappa shape index (κ1) is 11.4. The van der Waals surface area contributed by atoms with Crippen molar-refractivity contribution in [1.82, 2.24) is 0 Å². The van der Waals surface area contributed by atoms with E-state index in [-0.39, 0.29) is 5.75 Å². The molecule has 82 valence electrons. The fraction of sp³-hybridized carbons (Fsp3) is 0.300. The van der Waals surface area contributed by atoms with Gasteiger partial charge in [-0.05, 0) is 19.1 Å². The highest BCUT2D eigenvalue weighted by Crippen LogP contribution is 2.35. The number of hydrogen-bond acceptors (Lipinski definition) is 2. The van der Waals surface area contributed by atoms with E-state index in [4.69, 9.17) is 9.84 Å². The van der Waals surface area contributed by atoms with Crippen LogP contribution in [-0.2, 0) is 10.7 Å². The molecule has 0 spiro atoms. The van der Waals surface area contributed by atoms with Gasteiger partial charge in [-0.2, -0.15) is 8.78 Å². The second kappa shape index (κ2) is 3.84. The molecule has 0 bridgehead atoms. The second-order valence-electron chi connectivity index (χ2n) is 3.08. The minimum Gasteiger partial charge on any atom is -0.496 e. The first-order chi connectivity index (χ1) is 6.89. The van der Waals surface area contributed by atoms with Crippen LogP contribution >= 0.6 is 0 Å². The maximum atomic E-state index is 13.2. The van der Waals surface area contributed by atoms with Gasteiger partial charge < -0.3 is 9.84 Å². The van der Waals surface area contributed by atoms with Gasteiger partial charge in [0.25, 0.3) is 0 Å². The number of aliphatic carboxylic acids is 1. The lowest BCUT2D eigenvalue weighted by molar-refractivity contribution is -0.166. The van der Waals surface area contributed by atoms with E-state index >= 15 is 0 Å². The molecule has 15 heavy (non-hydrogen) atoms. The Morgan fingerprint density at radius 3 is 2.53 bits per heavy atom. The standard InChI is InChI=1S/C10H10F2O3/c1-6-3-4-8(15-2)7(5-6)10(11,12)9(13)14/h3-5H,1-2H3,(H,13,14). The van der Waals surface area contributed by atoms with E-state index in [1.54, 1.807) is 13.0 Å². The third-order valence-electron chi connectivity index (χ3n) is 1.96. The van der Waals surface area contributed by atoms with Crippen LogP contribution in [0, 0.1) is 6.92 Å². The van der Waals surface area contributed by atoms with Crippen LogP contribution in [-0.4, -0.2) is 18.2 Å². The van der Waals surface area contributed by atoms with Crippen molar-refractivity contribution in [2.75, 3.05) is 7.11 Å². The Kier molecular flexibility index (Phi) is 2.93. The summed E-state index contributed by atoms with van der Waals surface area (Å²) in [7, 11) is 1.21. The maximum absolute atomic E-state index is 13.2. The van der Waals surface area contributed by atoms with Gasteiger partial charge in [0.1, 0.15) is 5.75 Å². The number of ether oxygens (including phenoxy) is 1. The van der Waals surface area contributed by atoms with E-state index in [9.17, 15) is 13.6 Å². The zero-order valence-corrected chi connectivity index (χ0v) is 8.25. The van der Waals surface area contributed by atoms with Crippen molar-refractivity contribution in [3.05, 3.63) is 29.3 Å². The Labute approximate surface area is 85.3 Å². The number of rotatable bonds is 3. The molecule has 0 aliphatic heterocycles. The average molecular weight is 216 g/mol. The molecule has 0 amide bonds. The number of benzene rings is 1. The lowest BCUT2D eigenvalue weighted by atomic mass is 10.0. The Bertz CT molecular complexity index is 388. The zero-order valence-electron chi connectivity index (χ0n) is 8.25. The highest BCUT2D eigenvalue weighted by molar-refractivity contribution is 5.78. The Balaban J connectivity index is 3.34. The number of alkyl halides is 2. The van der Waals surface area contributed by atoms with Crippen molar-refractivity contribution in [1.29, 1.82) is 0 Å². The number of carboxylic acids is 1. The summed E-state index contributed by atoms with van der Waals surface area (Å²) in [6.07, 6.45) is 0. The number of carbonyl (C=O) groups is 1. The van der Waals surface area contributed by atoms with Crippen molar-refractivity contribution in [3.8, 4) is 5.75 Å². The van der Waals surface area contributed by atoms with Crippen LogP contribution in [0.1, 0.15) is 11.1 Å². The molecule has 0 aliphatic carbocycles. The van der Waals surface area contributed by atoms with Crippen LogP contribution in [0.3, 0.4) is 0 Å². The van der Waals surface area contributed by atoms with E-state index in [1.807, 2.05) is 0 Å². The predicted octanol–water partition coefficient (Wildman–Crippen LogP) is 2.18. The number of methoxy groups -OCH3 is 1. The topological polar surface area (TPSA) is 46.5 Å². The molecule has 0 fully saturated rings. The van der Waals surface area contributed by atoms with Gasteiger partial charge in [-0.25, -0.2) is 4.79 Å². The number of aryl methyl sites for hydroxylation is 1. The smallest absolute Gasteiger partial charge is 0.379 e. The summed E-state index contributed by atoms with van der Waals surface area (Å²) in [4.78, 5) is 10.4. The molecule has 0 heterocycles. The molecule has 1 aromatic rings. The third kappa shape index (κ3) is 2.06. The van der Waals surface area contributed by atoms with E-state index in [0.29, 0.717) is 5.56 Å². The molecule has 0 atom stereocenters. The summed E-state index contributed by atoms with van der Waals surface area (Å²) in [6.45, 7) is 1.60. The van der Waals surface area contributed by atoms with Crippen LogP contribution in [0.25, 0.3) is 0 Å². The van der Waals surface area contributed by atoms with Crippen LogP contribution < -0.4 is 4.74 Å². The Morgan fingerprint density at radius 1 is 1.47 bits per heavy atom. The molecular formula is C10H10F2O3. The minimum absolute atomic E-state index is 0.131. The largest absolute Gasteiger partial charge is 0.496 e. The summed E-state index contributed by atoms with van der Waals surface area (Å²) in [5.41, 5.74) is -0.0794. The van der Waals surface area contributed by atoms with E-state index in [0.717, 1.165) is 6.07 Å². The summed E-state index contributed by atoms with van der Waals surface area (Å²) >= 11 is 0. The first-order valence-corrected chi connectivity index (χ1v) is 4.16. The summed E-state index contributed by atoms with van der Waals surface area (Å²) < 4.78 is 31.1. The fourth-order valence-electron chi connectivity index (χ4n) is 1.18. The van der Waals surface area contributed by atoms with Gasteiger partial charge in [0.15, 0.2) is 0 Å². The number of carboxylic acid groups (broad SMARTS) is 1. The molecular weight excluding hydrogens is 206 g/mol. The minimum atomic E-state index is -3.93. The Hall–Kier alpha value is -1.65. The zero-order chi connectivity index (χ0) is 11.6. The highest BCUT2D eigenvalue weighted by atomic mass is 19.3. The first-order valence-electron chi connectivity index (χ1n) is 4.16. The van der Waals surface area contributed by atoms with Gasteiger partial charge in [-0.3, -0.25) is 0 Å². The van der Waals surface area contributed by atoms with Crippen LogP contribution in [0.4, 0.5) is 8.78 Å². The SMILES string of the molecule is COc1ccc(C)cc1C(F)(F)C(=O)O. The van der Waals surface area contributed by atoms with Crippen LogP contribution in [0.15, 0.2) is 18.2 Å². The molecule has 1 N–H and O–H groups in total. The lowest BCUT2D eigenvalue weighted by Crippen LogP contribution is -2.26. The van der Waals surface area contributed by atoms with Crippen molar-refractivity contribution in [2.45, 2.75) is 12.8 Å². The Morgan fingerprint density at radius 2 is 2.07 bits per heavy atom. The molecule has 0 aromatic heterocycles. The second-order valence-corrected chi connectivity index (χ2v) is 3.08. The quantitative estimate of drug-likeness (QED) is 0.842. The lowest BCUT2D eigenvalue weighted by Gasteiger charge is -2.15. The molecule has 0 saturated heterocycles. The van der Waals surface area contributed by atoms with Crippen LogP contribution in [0.2, 0.25) is 0 Å². The highest BCUT2D eigenvalue weighted by Gasteiger charge is 2.43. The number of halogens is 2.